The maximum atomic E-state index is 3.67. The minimum atomic E-state index is 1.22. The Hall–Kier alpha value is -1.04. The summed E-state index contributed by atoms with van der Waals surface area (Å²) in [4.78, 5) is 0. The maximum Gasteiger partial charge on any atom is -0.0348 e. The van der Waals surface area contributed by atoms with Crippen molar-refractivity contribution in [3.8, 4) is 0 Å². The van der Waals surface area contributed by atoms with Crippen LogP contribution >= 0.6 is 0 Å². The first-order valence-electron chi connectivity index (χ1n) is 21.5. The Morgan fingerprint density at radius 1 is 0.261 bits per heavy atom. The molecule has 0 N–H and O–H groups in total. The summed E-state index contributed by atoms with van der Waals surface area (Å²) < 4.78 is 0. The highest BCUT2D eigenvalue weighted by atomic mass is 14.0. The van der Waals surface area contributed by atoms with Crippen LogP contribution in [0.1, 0.15) is 244 Å². The molecular weight excluding hydrogens is 553 g/mol. The third-order valence-corrected chi connectivity index (χ3v) is 9.94. The van der Waals surface area contributed by atoms with Crippen LogP contribution in [0.15, 0.2) is 49.1 Å². The molecule has 0 nitrogen and oxygen atoms in total. The van der Waals surface area contributed by atoms with E-state index in [1.165, 1.54) is 238 Å². The average Bonchev–Trinajstić information content (AvgIpc) is 3.07. The van der Waals surface area contributed by atoms with Crippen molar-refractivity contribution in [1.82, 2.24) is 0 Å². The number of allylic oxidation sites excluding steroid dienone is 7. The van der Waals surface area contributed by atoms with Gasteiger partial charge in [0.15, 0.2) is 0 Å². The molecule has 270 valence electrons. The third-order valence-electron chi connectivity index (χ3n) is 9.94. The Balaban J connectivity index is 3.08. The summed E-state index contributed by atoms with van der Waals surface area (Å²) in [6.45, 7) is 5.98. The topological polar surface area (TPSA) is 0 Å². The van der Waals surface area contributed by atoms with E-state index in [2.05, 4.69) is 37.8 Å². The zero-order valence-corrected chi connectivity index (χ0v) is 31.9. The molecule has 0 aliphatic rings. The van der Waals surface area contributed by atoms with E-state index in [1.54, 1.807) is 6.08 Å². The summed E-state index contributed by atoms with van der Waals surface area (Å²) >= 11 is 0. The minimum absolute atomic E-state index is 1.22. The van der Waals surface area contributed by atoms with Gasteiger partial charge >= 0.3 is 0 Å². The van der Waals surface area contributed by atoms with Crippen LogP contribution in [0.4, 0.5) is 0 Å². The molecule has 0 radical (unpaired) electrons. The van der Waals surface area contributed by atoms with Crippen LogP contribution in [-0.2, 0) is 0 Å². The van der Waals surface area contributed by atoms with Gasteiger partial charge in [-0.15, -0.1) is 0 Å². The van der Waals surface area contributed by atoms with Crippen LogP contribution in [0.2, 0.25) is 0 Å². The zero-order valence-electron chi connectivity index (χ0n) is 31.9. The molecule has 0 aromatic carbocycles. The van der Waals surface area contributed by atoms with Gasteiger partial charge in [0.1, 0.15) is 0 Å². The molecule has 0 spiro atoms. The predicted molar refractivity (Wildman–Crippen MR) is 214 cm³/mol. The first-order chi connectivity index (χ1) is 22.9. The molecule has 0 aromatic heterocycles. The highest BCUT2D eigenvalue weighted by Gasteiger charge is 1.97. The largest absolute Gasteiger partial charge is 0.0991 e. The fourth-order valence-corrected chi connectivity index (χ4v) is 6.79. The second kappa shape index (κ2) is 44.0. The molecule has 46 heavy (non-hydrogen) atoms. The fraction of sp³-hybridized carbons (Fsp3) is 0.826. The molecule has 0 aromatic rings. The van der Waals surface area contributed by atoms with Gasteiger partial charge in [0.2, 0.25) is 0 Å². The second-order valence-electron chi connectivity index (χ2n) is 14.6. The lowest BCUT2D eigenvalue weighted by atomic mass is 10.0. The van der Waals surface area contributed by atoms with Crippen LogP contribution in [0.5, 0.6) is 0 Å². The first-order valence-corrected chi connectivity index (χ1v) is 21.5. The maximum absolute atomic E-state index is 3.67. The summed E-state index contributed by atoms with van der Waals surface area (Å²) in [6, 6.07) is 0. The van der Waals surface area contributed by atoms with E-state index in [4.69, 9.17) is 0 Å². The molecule has 0 heterocycles. The van der Waals surface area contributed by atoms with Gasteiger partial charge < -0.3 is 0 Å². The fourth-order valence-electron chi connectivity index (χ4n) is 6.79. The molecule has 0 heteroatoms. The highest BCUT2D eigenvalue weighted by molar-refractivity contribution is 5.14. The molecule has 0 fully saturated rings. The van der Waals surface area contributed by atoms with Crippen LogP contribution in [-0.4, -0.2) is 0 Å². The molecule has 0 rings (SSSR count). The summed E-state index contributed by atoms with van der Waals surface area (Å²) in [5, 5.41) is 0. The molecule has 0 unspecified atom stereocenters. The standard InChI is InChI=1S/C46H86/c1-3-5-7-9-11-13-15-17-19-21-23-25-27-29-31-33-35-37-39-41-43-45-46-44-42-40-38-36-34-32-30-28-26-24-22-20-18-16-14-12-10-8-6-4-2/h3,5,7,9,11,13,15H,1,4,6,8,10,12,14,16-46H2,2H3. The van der Waals surface area contributed by atoms with Crippen molar-refractivity contribution in [2.45, 2.75) is 244 Å². The molecule has 0 aliphatic heterocycles. The Morgan fingerprint density at radius 3 is 0.739 bits per heavy atom. The van der Waals surface area contributed by atoms with Crippen LogP contribution in [0.3, 0.4) is 0 Å². The summed E-state index contributed by atoms with van der Waals surface area (Å²) in [5.41, 5.74) is 0. The molecular formula is C46H86. The summed E-state index contributed by atoms with van der Waals surface area (Å²) in [7, 11) is 0. The van der Waals surface area contributed by atoms with Gasteiger partial charge in [-0.1, -0.05) is 281 Å². The van der Waals surface area contributed by atoms with E-state index in [1.807, 2.05) is 12.2 Å². The zero-order chi connectivity index (χ0) is 33.1. The Morgan fingerprint density at radius 2 is 0.478 bits per heavy atom. The van der Waals surface area contributed by atoms with Crippen LogP contribution in [0, 0.1) is 0 Å². The van der Waals surface area contributed by atoms with E-state index < -0.39 is 0 Å². The molecule has 0 saturated heterocycles. The summed E-state index contributed by atoms with van der Waals surface area (Å²) in [5.74, 6) is 0. The van der Waals surface area contributed by atoms with Gasteiger partial charge in [0.05, 0.1) is 0 Å². The van der Waals surface area contributed by atoms with E-state index in [9.17, 15) is 0 Å². The summed E-state index contributed by atoms with van der Waals surface area (Å²) in [6.07, 6.45) is 68.5. The molecule has 0 aliphatic carbocycles. The van der Waals surface area contributed by atoms with E-state index in [-0.39, 0.29) is 0 Å². The number of rotatable bonds is 40. The molecule has 0 atom stereocenters. The Labute approximate surface area is 292 Å². The molecule has 0 bridgehead atoms. The lowest BCUT2D eigenvalue weighted by Gasteiger charge is -2.05. The van der Waals surface area contributed by atoms with Crippen molar-refractivity contribution in [1.29, 1.82) is 0 Å². The van der Waals surface area contributed by atoms with E-state index in [0.717, 1.165) is 0 Å². The highest BCUT2D eigenvalue weighted by Crippen LogP contribution is 2.17. The smallest absolute Gasteiger partial charge is 0.0348 e. The normalized spacial score (nSPS) is 12.0. The van der Waals surface area contributed by atoms with Gasteiger partial charge in [-0.05, 0) is 12.8 Å². The van der Waals surface area contributed by atoms with Gasteiger partial charge in [-0.25, -0.2) is 0 Å². The third kappa shape index (κ3) is 43.0. The van der Waals surface area contributed by atoms with Crippen molar-refractivity contribution in [2.24, 2.45) is 0 Å². The van der Waals surface area contributed by atoms with Gasteiger partial charge in [0.25, 0.3) is 0 Å². The number of unbranched alkanes of at least 4 members (excludes halogenated alkanes) is 36. The average molecular weight is 639 g/mol. The Bertz CT molecular complexity index is 622. The number of hydrogen-bond acceptors (Lipinski definition) is 0. The molecule has 0 amide bonds. The lowest BCUT2D eigenvalue weighted by molar-refractivity contribution is 0.510. The Kier molecular flexibility index (Phi) is 43.0. The van der Waals surface area contributed by atoms with Crippen molar-refractivity contribution in [3.63, 3.8) is 0 Å². The quantitative estimate of drug-likeness (QED) is 0.0463. The van der Waals surface area contributed by atoms with E-state index >= 15 is 0 Å². The van der Waals surface area contributed by atoms with Gasteiger partial charge in [-0.2, -0.15) is 0 Å². The lowest BCUT2D eigenvalue weighted by Crippen LogP contribution is -1.85. The molecule has 0 saturated carbocycles. The predicted octanol–water partition coefficient (Wildman–Crippen LogP) is 17.3. The van der Waals surface area contributed by atoms with Crippen LogP contribution < -0.4 is 0 Å². The van der Waals surface area contributed by atoms with Crippen LogP contribution in [0.25, 0.3) is 0 Å². The first kappa shape index (κ1) is 45.0. The number of hydrogen-bond donors (Lipinski definition) is 0. The SMILES string of the molecule is C=CC=CC=CC=CCCCCCCCCCCCCCCCCCCCCCCCCCCCCCCCCCCCCCC. The van der Waals surface area contributed by atoms with Gasteiger partial charge in [-0.3, -0.25) is 0 Å². The monoisotopic (exact) mass is 639 g/mol. The van der Waals surface area contributed by atoms with Crippen molar-refractivity contribution >= 4 is 0 Å². The van der Waals surface area contributed by atoms with Crippen molar-refractivity contribution in [2.75, 3.05) is 0 Å². The van der Waals surface area contributed by atoms with Gasteiger partial charge in [0, 0.05) is 0 Å². The second-order valence-corrected chi connectivity index (χ2v) is 14.6. The minimum Gasteiger partial charge on any atom is -0.0991 e. The van der Waals surface area contributed by atoms with Crippen molar-refractivity contribution in [3.05, 3.63) is 49.1 Å². The van der Waals surface area contributed by atoms with E-state index in [0.29, 0.717) is 0 Å². The van der Waals surface area contributed by atoms with Crippen molar-refractivity contribution < 1.29 is 0 Å².